The van der Waals surface area contributed by atoms with E-state index in [2.05, 4.69) is 10.3 Å². The number of carbonyl (C=O) groups excluding carboxylic acids is 2. The van der Waals surface area contributed by atoms with Gasteiger partial charge >= 0.3 is 6.18 Å². The van der Waals surface area contributed by atoms with Crippen LogP contribution in [0.4, 0.5) is 13.2 Å². The summed E-state index contributed by atoms with van der Waals surface area (Å²) in [5.74, 6) is -1.03. The van der Waals surface area contributed by atoms with Gasteiger partial charge in [0.25, 0.3) is 5.91 Å². The van der Waals surface area contributed by atoms with E-state index in [1.54, 1.807) is 29.6 Å². The summed E-state index contributed by atoms with van der Waals surface area (Å²) in [7, 11) is 0. The van der Waals surface area contributed by atoms with Crippen molar-refractivity contribution in [2.75, 3.05) is 13.1 Å². The summed E-state index contributed by atoms with van der Waals surface area (Å²) in [5, 5.41) is 6.41. The number of ether oxygens (including phenoxy) is 1. The van der Waals surface area contributed by atoms with E-state index >= 15 is 0 Å². The average molecular weight is 408 g/mol. The monoisotopic (exact) mass is 407 g/mol. The smallest absolute Gasteiger partial charge is 0.405 e. The largest absolute Gasteiger partial charge is 0.486 e. The number of nitrogens with one attached hydrogen (secondary N) is 2. The molecule has 2 N–H and O–H groups in total. The molecule has 1 aromatic carbocycles. The quantitative estimate of drug-likeness (QED) is 0.739. The Morgan fingerprint density at radius 2 is 1.88 bits per heavy atom. The molecular formula is C15H13ClF3N3O3S. The van der Waals surface area contributed by atoms with Gasteiger partial charge in [-0.1, -0.05) is 11.6 Å². The number of benzene rings is 1. The van der Waals surface area contributed by atoms with E-state index in [-0.39, 0.29) is 12.3 Å². The van der Waals surface area contributed by atoms with Crippen molar-refractivity contribution < 1.29 is 27.5 Å². The molecule has 1 aromatic heterocycles. The second-order valence-corrected chi connectivity index (χ2v) is 6.32. The lowest BCUT2D eigenvalue weighted by Crippen LogP contribution is -2.40. The Morgan fingerprint density at radius 1 is 1.19 bits per heavy atom. The first-order valence-corrected chi connectivity index (χ1v) is 8.43. The third-order valence-corrected chi connectivity index (χ3v) is 3.93. The van der Waals surface area contributed by atoms with E-state index in [1.165, 1.54) is 16.7 Å². The molecule has 0 saturated heterocycles. The normalized spacial score (nSPS) is 11.1. The highest BCUT2D eigenvalue weighted by atomic mass is 35.5. The van der Waals surface area contributed by atoms with Gasteiger partial charge in [-0.25, -0.2) is 4.98 Å². The highest BCUT2D eigenvalue weighted by molar-refractivity contribution is 7.09. The van der Waals surface area contributed by atoms with Gasteiger partial charge in [0.2, 0.25) is 5.91 Å². The Labute approximate surface area is 155 Å². The maximum Gasteiger partial charge on any atom is 0.405 e. The minimum Gasteiger partial charge on any atom is -0.486 e. The predicted octanol–water partition coefficient (Wildman–Crippen LogP) is 2.78. The molecule has 0 unspecified atom stereocenters. The van der Waals surface area contributed by atoms with Gasteiger partial charge in [-0.15, -0.1) is 11.3 Å². The zero-order chi connectivity index (χ0) is 19.2. The highest BCUT2D eigenvalue weighted by Gasteiger charge is 2.27. The second kappa shape index (κ2) is 8.86. The van der Waals surface area contributed by atoms with E-state index in [9.17, 15) is 22.8 Å². The van der Waals surface area contributed by atoms with Crippen LogP contribution in [0.5, 0.6) is 5.75 Å². The lowest BCUT2D eigenvalue weighted by molar-refractivity contribution is -0.137. The van der Waals surface area contributed by atoms with Crippen molar-refractivity contribution in [3.63, 3.8) is 0 Å². The number of nitrogens with zero attached hydrogens (tertiary/aromatic N) is 1. The molecule has 0 atom stereocenters. The molecule has 0 aliphatic carbocycles. The van der Waals surface area contributed by atoms with Crippen LogP contribution >= 0.6 is 22.9 Å². The van der Waals surface area contributed by atoms with Crippen molar-refractivity contribution in [2.45, 2.75) is 12.8 Å². The standard InChI is InChI=1S/C15H13ClF3N3O3S/c16-9-1-3-10(4-2-9)25-6-13-22-11(7-26-13)14(24)20-5-12(23)21-8-15(17,18)19/h1-4,7H,5-6,8H2,(H,20,24)(H,21,23). The average Bonchev–Trinajstić information content (AvgIpc) is 3.06. The van der Waals surface area contributed by atoms with Crippen LogP contribution in [0.1, 0.15) is 15.5 Å². The van der Waals surface area contributed by atoms with Crippen LogP contribution in [0.2, 0.25) is 5.02 Å². The molecule has 0 fully saturated rings. The molecular weight excluding hydrogens is 395 g/mol. The van der Waals surface area contributed by atoms with Gasteiger partial charge in [-0.3, -0.25) is 9.59 Å². The molecule has 0 radical (unpaired) electrons. The summed E-state index contributed by atoms with van der Waals surface area (Å²) in [6.07, 6.45) is -4.51. The van der Waals surface area contributed by atoms with Gasteiger partial charge in [0, 0.05) is 10.4 Å². The van der Waals surface area contributed by atoms with E-state index in [0.717, 1.165) is 0 Å². The molecule has 0 spiro atoms. The zero-order valence-corrected chi connectivity index (χ0v) is 14.7. The van der Waals surface area contributed by atoms with Crippen LogP contribution in [0.3, 0.4) is 0 Å². The van der Waals surface area contributed by atoms with Crippen molar-refractivity contribution in [1.29, 1.82) is 0 Å². The first-order chi connectivity index (χ1) is 12.2. The first kappa shape index (κ1) is 20.0. The topological polar surface area (TPSA) is 80.3 Å². The summed E-state index contributed by atoms with van der Waals surface area (Å²) < 4.78 is 41.4. The third kappa shape index (κ3) is 6.89. The molecule has 0 bridgehead atoms. The Bertz CT molecular complexity index is 765. The number of alkyl halides is 3. The van der Waals surface area contributed by atoms with Crippen molar-refractivity contribution >= 4 is 34.8 Å². The van der Waals surface area contributed by atoms with Gasteiger partial charge in [0.1, 0.15) is 29.6 Å². The Kier molecular flexibility index (Phi) is 6.81. The van der Waals surface area contributed by atoms with Crippen LogP contribution in [0.15, 0.2) is 29.6 Å². The molecule has 1 heterocycles. The number of amides is 2. The Hall–Kier alpha value is -2.33. The molecule has 6 nitrogen and oxygen atoms in total. The van der Waals surface area contributed by atoms with E-state index in [1.807, 2.05) is 0 Å². The van der Waals surface area contributed by atoms with Crippen LogP contribution in [-0.4, -0.2) is 36.1 Å². The number of hydrogen-bond acceptors (Lipinski definition) is 5. The summed E-state index contributed by atoms with van der Waals surface area (Å²) in [6.45, 7) is -1.90. The molecule has 0 aliphatic rings. The van der Waals surface area contributed by atoms with Gasteiger partial charge in [-0.2, -0.15) is 13.2 Å². The van der Waals surface area contributed by atoms with E-state index < -0.39 is 31.1 Å². The summed E-state index contributed by atoms with van der Waals surface area (Å²) in [4.78, 5) is 27.1. The molecule has 2 amide bonds. The maximum atomic E-state index is 12.0. The second-order valence-electron chi connectivity index (χ2n) is 4.94. The van der Waals surface area contributed by atoms with E-state index in [0.29, 0.717) is 15.8 Å². The molecule has 2 aromatic rings. The fraction of sp³-hybridized carbons (Fsp3) is 0.267. The van der Waals surface area contributed by atoms with E-state index in [4.69, 9.17) is 16.3 Å². The first-order valence-electron chi connectivity index (χ1n) is 7.17. The van der Waals surface area contributed by atoms with Crippen molar-refractivity contribution in [2.24, 2.45) is 0 Å². The maximum absolute atomic E-state index is 12.0. The van der Waals surface area contributed by atoms with Gasteiger partial charge in [-0.05, 0) is 24.3 Å². The van der Waals surface area contributed by atoms with Crippen molar-refractivity contribution in [1.82, 2.24) is 15.6 Å². The Morgan fingerprint density at radius 3 is 2.54 bits per heavy atom. The van der Waals surface area contributed by atoms with Crippen LogP contribution in [0, 0.1) is 0 Å². The minimum absolute atomic E-state index is 0.0494. The third-order valence-electron chi connectivity index (χ3n) is 2.86. The lowest BCUT2D eigenvalue weighted by Gasteiger charge is -2.08. The van der Waals surface area contributed by atoms with Crippen LogP contribution in [-0.2, 0) is 11.4 Å². The SMILES string of the molecule is O=C(CNC(=O)c1csc(COc2ccc(Cl)cc2)n1)NCC(F)(F)F. The molecule has 0 saturated carbocycles. The lowest BCUT2D eigenvalue weighted by atomic mass is 10.3. The number of halogens is 4. The fourth-order valence-corrected chi connectivity index (χ4v) is 2.48. The van der Waals surface area contributed by atoms with Gasteiger partial charge in [0.05, 0.1) is 6.54 Å². The Balaban J connectivity index is 1.78. The molecule has 11 heteroatoms. The molecule has 26 heavy (non-hydrogen) atoms. The summed E-state index contributed by atoms with van der Waals surface area (Å²) >= 11 is 6.94. The van der Waals surface area contributed by atoms with Gasteiger partial charge in [0.15, 0.2) is 0 Å². The number of carbonyl (C=O) groups is 2. The van der Waals surface area contributed by atoms with Crippen LogP contribution in [0.25, 0.3) is 0 Å². The number of aromatic nitrogens is 1. The minimum atomic E-state index is -4.51. The van der Waals surface area contributed by atoms with Gasteiger partial charge < -0.3 is 15.4 Å². The summed E-state index contributed by atoms with van der Waals surface area (Å²) in [5.41, 5.74) is 0.0494. The molecule has 140 valence electrons. The predicted molar refractivity (Wildman–Crippen MR) is 89.3 cm³/mol. The zero-order valence-electron chi connectivity index (χ0n) is 13.1. The van der Waals surface area contributed by atoms with Crippen LogP contribution < -0.4 is 15.4 Å². The highest BCUT2D eigenvalue weighted by Crippen LogP contribution is 2.18. The number of rotatable bonds is 7. The number of thiazole rings is 1. The molecule has 2 rings (SSSR count). The fourth-order valence-electron chi connectivity index (χ4n) is 1.67. The molecule has 0 aliphatic heterocycles. The number of hydrogen-bond donors (Lipinski definition) is 2. The van der Waals surface area contributed by atoms with Crippen molar-refractivity contribution in [3.8, 4) is 5.75 Å². The van der Waals surface area contributed by atoms with Crippen molar-refractivity contribution in [3.05, 3.63) is 45.4 Å². The summed E-state index contributed by atoms with van der Waals surface area (Å²) in [6, 6.07) is 6.70.